The number of nitrogens with one attached hydrogen (secondary N) is 1. The van der Waals surface area contributed by atoms with Crippen LogP contribution in [0.1, 0.15) is 30.4 Å². The van der Waals surface area contributed by atoms with Crippen LogP contribution in [0.2, 0.25) is 5.02 Å². The van der Waals surface area contributed by atoms with E-state index in [4.69, 9.17) is 16.6 Å². The van der Waals surface area contributed by atoms with Crippen molar-refractivity contribution in [2.45, 2.75) is 25.4 Å². The molecule has 2 aromatic heterocycles. The van der Waals surface area contributed by atoms with Crippen molar-refractivity contribution in [3.8, 4) is 0 Å². The van der Waals surface area contributed by atoms with Gasteiger partial charge in [0.25, 0.3) is 0 Å². The quantitative estimate of drug-likeness (QED) is 0.804. The Morgan fingerprint density at radius 1 is 1.23 bits per heavy atom. The molecular formula is C17H17ClN4. The van der Waals surface area contributed by atoms with E-state index >= 15 is 0 Å². The van der Waals surface area contributed by atoms with Crippen molar-refractivity contribution in [2.75, 3.05) is 6.54 Å². The third-order valence-corrected chi connectivity index (χ3v) is 4.54. The molecule has 3 aromatic rings. The van der Waals surface area contributed by atoms with Gasteiger partial charge < -0.3 is 0 Å². The Hall–Kier alpha value is -1.91. The van der Waals surface area contributed by atoms with Gasteiger partial charge in [0.05, 0.1) is 6.17 Å². The molecule has 4 rings (SSSR count). The van der Waals surface area contributed by atoms with E-state index in [2.05, 4.69) is 20.9 Å². The van der Waals surface area contributed by atoms with E-state index in [0.717, 1.165) is 40.5 Å². The van der Waals surface area contributed by atoms with Gasteiger partial charge in [0.15, 0.2) is 5.65 Å². The van der Waals surface area contributed by atoms with Gasteiger partial charge in [-0.1, -0.05) is 29.8 Å². The van der Waals surface area contributed by atoms with Crippen LogP contribution >= 0.6 is 11.6 Å². The molecule has 1 unspecified atom stereocenters. The predicted molar refractivity (Wildman–Crippen MR) is 88.1 cm³/mol. The molecule has 1 saturated heterocycles. The second kappa shape index (κ2) is 5.71. The first kappa shape index (κ1) is 13.7. The van der Waals surface area contributed by atoms with Crippen molar-refractivity contribution < 1.29 is 0 Å². The number of benzene rings is 1. The van der Waals surface area contributed by atoms with Gasteiger partial charge in [-0.15, -0.1) is 0 Å². The number of aromatic nitrogens is 3. The lowest BCUT2D eigenvalue weighted by molar-refractivity contribution is 0.464. The Bertz CT molecular complexity index is 805. The molecule has 5 heteroatoms. The SMILES string of the molecule is Clc1ccccc1Cc1nc2cccnc2n1C1CCCN1. The van der Waals surface area contributed by atoms with Crippen LogP contribution in [0.4, 0.5) is 0 Å². The second-order valence-electron chi connectivity index (χ2n) is 5.62. The summed E-state index contributed by atoms with van der Waals surface area (Å²) in [6.45, 7) is 1.04. The number of hydrogen-bond acceptors (Lipinski definition) is 3. The van der Waals surface area contributed by atoms with Crippen molar-refractivity contribution >= 4 is 22.8 Å². The highest BCUT2D eigenvalue weighted by Gasteiger charge is 2.23. The highest BCUT2D eigenvalue weighted by Crippen LogP contribution is 2.27. The molecule has 1 fully saturated rings. The minimum absolute atomic E-state index is 0.275. The topological polar surface area (TPSA) is 42.7 Å². The first-order valence-corrected chi connectivity index (χ1v) is 7.99. The van der Waals surface area contributed by atoms with E-state index in [1.807, 2.05) is 36.5 Å². The molecule has 1 N–H and O–H groups in total. The molecule has 22 heavy (non-hydrogen) atoms. The van der Waals surface area contributed by atoms with Gasteiger partial charge in [-0.3, -0.25) is 9.88 Å². The zero-order chi connectivity index (χ0) is 14.9. The van der Waals surface area contributed by atoms with Crippen LogP contribution in [0, 0.1) is 0 Å². The molecule has 0 bridgehead atoms. The van der Waals surface area contributed by atoms with Crippen LogP contribution in [-0.2, 0) is 6.42 Å². The molecule has 0 saturated carbocycles. The van der Waals surface area contributed by atoms with E-state index in [-0.39, 0.29) is 6.17 Å². The van der Waals surface area contributed by atoms with Crippen molar-refractivity contribution in [3.05, 3.63) is 59.0 Å². The molecule has 1 aliphatic heterocycles. The normalized spacial score (nSPS) is 18.1. The summed E-state index contributed by atoms with van der Waals surface area (Å²) in [6.07, 6.45) is 5.11. The monoisotopic (exact) mass is 312 g/mol. The van der Waals surface area contributed by atoms with Crippen LogP contribution in [0.25, 0.3) is 11.2 Å². The summed E-state index contributed by atoms with van der Waals surface area (Å²) in [7, 11) is 0. The van der Waals surface area contributed by atoms with Crippen LogP contribution in [0.5, 0.6) is 0 Å². The Balaban J connectivity index is 1.82. The third-order valence-electron chi connectivity index (χ3n) is 4.17. The molecule has 0 aliphatic carbocycles. The summed E-state index contributed by atoms with van der Waals surface area (Å²) in [6, 6.07) is 11.9. The largest absolute Gasteiger partial charge is 0.297 e. The van der Waals surface area contributed by atoms with Gasteiger partial charge in [0, 0.05) is 17.6 Å². The maximum absolute atomic E-state index is 6.32. The number of imidazole rings is 1. The van der Waals surface area contributed by atoms with E-state index < -0.39 is 0 Å². The fourth-order valence-electron chi connectivity index (χ4n) is 3.13. The molecule has 112 valence electrons. The molecule has 0 spiro atoms. The zero-order valence-electron chi connectivity index (χ0n) is 12.2. The lowest BCUT2D eigenvalue weighted by atomic mass is 10.1. The maximum Gasteiger partial charge on any atom is 0.161 e. The van der Waals surface area contributed by atoms with Crippen molar-refractivity contribution in [2.24, 2.45) is 0 Å². The van der Waals surface area contributed by atoms with Crippen molar-refractivity contribution in [1.82, 2.24) is 19.9 Å². The van der Waals surface area contributed by atoms with Gasteiger partial charge in [-0.05, 0) is 43.1 Å². The standard InChI is InChI=1S/C17H17ClN4/c18-13-6-2-1-5-12(13)11-16-21-14-7-3-10-20-17(14)22(16)15-8-4-9-19-15/h1-3,5-7,10,15,19H,4,8-9,11H2. The number of hydrogen-bond donors (Lipinski definition) is 1. The number of rotatable bonds is 3. The Labute approximate surface area is 134 Å². The fraction of sp³-hybridized carbons (Fsp3) is 0.294. The van der Waals surface area contributed by atoms with Crippen LogP contribution in [-0.4, -0.2) is 21.1 Å². The summed E-state index contributed by atoms with van der Waals surface area (Å²) >= 11 is 6.32. The Morgan fingerprint density at radius 2 is 2.14 bits per heavy atom. The van der Waals surface area contributed by atoms with Crippen LogP contribution in [0.15, 0.2) is 42.6 Å². The first-order valence-electron chi connectivity index (χ1n) is 7.61. The van der Waals surface area contributed by atoms with E-state index in [1.54, 1.807) is 0 Å². The van der Waals surface area contributed by atoms with E-state index in [9.17, 15) is 0 Å². The van der Waals surface area contributed by atoms with Gasteiger partial charge >= 0.3 is 0 Å². The number of halogens is 1. The molecular weight excluding hydrogens is 296 g/mol. The average molecular weight is 313 g/mol. The summed E-state index contributed by atoms with van der Waals surface area (Å²) in [5.74, 6) is 1.02. The number of nitrogens with zero attached hydrogens (tertiary/aromatic N) is 3. The summed E-state index contributed by atoms with van der Waals surface area (Å²) in [5.41, 5.74) is 2.99. The first-order chi connectivity index (χ1) is 10.8. The van der Waals surface area contributed by atoms with Crippen molar-refractivity contribution in [3.63, 3.8) is 0 Å². The zero-order valence-corrected chi connectivity index (χ0v) is 12.9. The van der Waals surface area contributed by atoms with Crippen molar-refractivity contribution in [1.29, 1.82) is 0 Å². The highest BCUT2D eigenvalue weighted by molar-refractivity contribution is 6.31. The van der Waals surface area contributed by atoms with Gasteiger partial charge in [0.1, 0.15) is 11.3 Å². The molecule has 3 heterocycles. The lowest BCUT2D eigenvalue weighted by Crippen LogP contribution is -2.22. The van der Waals surface area contributed by atoms with Gasteiger partial charge in [-0.25, -0.2) is 9.97 Å². The van der Waals surface area contributed by atoms with E-state index in [0.29, 0.717) is 6.42 Å². The highest BCUT2D eigenvalue weighted by atomic mass is 35.5. The predicted octanol–water partition coefficient (Wildman–Crippen LogP) is 3.56. The van der Waals surface area contributed by atoms with E-state index in [1.165, 1.54) is 6.42 Å². The van der Waals surface area contributed by atoms with Crippen LogP contribution < -0.4 is 5.32 Å². The molecule has 0 radical (unpaired) electrons. The molecule has 4 nitrogen and oxygen atoms in total. The fourth-order valence-corrected chi connectivity index (χ4v) is 3.33. The minimum Gasteiger partial charge on any atom is -0.297 e. The third kappa shape index (κ3) is 2.38. The van der Waals surface area contributed by atoms with Crippen LogP contribution in [0.3, 0.4) is 0 Å². The van der Waals surface area contributed by atoms with Gasteiger partial charge in [0.2, 0.25) is 0 Å². The summed E-state index contributed by atoms with van der Waals surface area (Å²) < 4.78 is 2.24. The average Bonchev–Trinajstić information content (AvgIpc) is 3.16. The number of fused-ring (bicyclic) bond motifs is 1. The Morgan fingerprint density at radius 3 is 2.95 bits per heavy atom. The smallest absolute Gasteiger partial charge is 0.161 e. The van der Waals surface area contributed by atoms with Gasteiger partial charge in [-0.2, -0.15) is 0 Å². The summed E-state index contributed by atoms with van der Waals surface area (Å²) in [4.78, 5) is 9.33. The lowest BCUT2D eigenvalue weighted by Gasteiger charge is -2.16. The Kier molecular flexibility index (Phi) is 3.56. The molecule has 1 aliphatic rings. The summed E-state index contributed by atoms with van der Waals surface area (Å²) in [5, 5.41) is 4.33. The molecule has 0 amide bonds. The molecule has 1 atom stereocenters. The molecule has 1 aromatic carbocycles. The second-order valence-corrected chi connectivity index (χ2v) is 6.03. The number of pyridine rings is 1. The maximum atomic E-state index is 6.32. The minimum atomic E-state index is 0.275.